The van der Waals surface area contributed by atoms with Gasteiger partial charge in [-0.15, -0.1) is 0 Å². The molecule has 2 unspecified atom stereocenters. The maximum Gasteiger partial charge on any atom is 0.469 e. The molecule has 6 nitrogen and oxygen atoms in total. The van der Waals surface area contributed by atoms with Crippen molar-refractivity contribution in [2.75, 3.05) is 0 Å². The Bertz CT molecular complexity index is 850. The van der Waals surface area contributed by atoms with Crippen LogP contribution in [0, 0.1) is 23.2 Å². The lowest BCUT2D eigenvalue weighted by atomic mass is 9.60. The number of phosphoric acid groups is 1. The molecule has 0 aromatic carbocycles. The summed E-state index contributed by atoms with van der Waals surface area (Å²) in [5.74, 6) is 1.86. The van der Waals surface area contributed by atoms with E-state index in [0.29, 0.717) is 29.7 Å². The molecule has 0 radical (unpaired) electrons. The average molecular weight is 497 g/mol. The molecular formula is C27H45O6P. The van der Waals surface area contributed by atoms with Crippen LogP contribution in [0.25, 0.3) is 0 Å². The summed E-state index contributed by atoms with van der Waals surface area (Å²) < 4.78 is 16.2. The van der Waals surface area contributed by atoms with Crippen LogP contribution in [0.1, 0.15) is 91.9 Å². The standard InChI is InChI=1S/C27H45O6P/c1-18(8-6-14-26(3,4)29)23-12-13-24-20(9-7-15-27(23,24)5)10-11-21-16-22(33-34(30,31)32)17-25(28)19(21)2/h10-11,18,22-25,28-29H,2,6-9,12-17H2,1,3-5H3,(H2,30,31,32)/t18-,22-,23-,24?,25?,27-/m1/s1. The van der Waals surface area contributed by atoms with Gasteiger partial charge in [-0.2, -0.15) is 0 Å². The lowest BCUT2D eigenvalue weighted by Gasteiger charge is -2.44. The highest BCUT2D eigenvalue weighted by Crippen LogP contribution is 2.60. The van der Waals surface area contributed by atoms with E-state index in [1.807, 2.05) is 19.9 Å². The Balaban J connectivity index is 1.72. The molecule has 4 N–H and O–H groups in total. The van der Waals surface area contributed by atoms with E-state index in [4.69, 9.17) is 4.52 Å². The fourth-order valence-electron chi connectivity index (χ4n) is 6.99. The zero-order chi connectivity index (χ0) is 25.3. The third-order valence-electron chi connectivity index (χ3n) is 8.71. The zero-order valence-electron chi connectivity index (χ0n) is 21.4. The molecule has 0 heterocycles. The highest BCUT2D eigenvalue weighted by Gasteiger charge is 2.50. The van der Waals surface area contributed by atoms with E-state index in [1.165, 1.54) is 31.3 Å². The van der Waals surface area contributed by atoms with Gasteiger partial charge in [-0.25, -0.2) is 4.57 Å². The van der Waals surface area contributed by atoms with Gasteiger partial charge in [-0.3, -0.25) is 4.52 Å². The van der Waals surface area contributed by atoms with E-state index in [-0.39, 0.29) is 11.8 Å². The van der Waals surface area contributed by atoms with Gasteiger partial charge in [0.2, 0.25) is 0 Å². The van der Waals surface area contributed by atoms with E-state index in [0.717, 1.165) is 31.3 Å². The lowest BCUT2D eigenvalue weighted by Crippen LogP contribution is -2.36. The van der Waals surface area contributed by atoms with Gasteiger partial charge < -0.3 is 20.0 Å². The van der Waals surface area contributed by atoms with Crippen LogP contribution in [0.5, 0.6) is 0 Å². The largest absolute Gasteiger partial charge is 0.469 e. The van der Waals surface area contributed by atoms with Gasteiger partial charge in [0.1, 0.15) is 0 Å². The first-order chi connectivity index (χ1) is 15.7. The average Bonchev–Trinajstić information content (AvgIpc) is 3.05. The molecule has 6 atom stereocenters. The van der Waals surface area contributed by atoms with Crippen molar-refractivity contribution in [3.05, 3.63) is 35.5 Å². The van der Waals surface area contributed by atoms with E-state index < -0.39 is 25.6 Å². The summed E-state index contributed by atoms with van der Waals surface area (Å²) in [4.78, 5) is 18.4. The topological polar surface area (TPSA) is 107 Å². The van der Waals surface area contributed by atoms with Gasteiger partial charge in [0.25, 0.3) is 0 Å². The first-order valence-corrected chi connectivity index (χ1v) is 14.5. The van der Waals surface area contributed by atoms with Crippen LogP contribution in [0.15, 0.2) is 35.5 Å². The second-order valence-corrected chi connectivity index (χ2v) is 13.1. The third kappa shape index (κ3) is 6.93. The Morgan fingerprint density at radius 1 is 1.29 bits per heavy atom. The molecule has 0 spiro atoms. The third-order valence-corrected chi connectivity index (χ3v) is 9.28. The van der Waals surface area contributed by atoms with Crippen LogP contribution in [0.3, 0.4) is 0 Å². The Morgan fingerprint density at radius 3 is 2.65 bits per heavy atom. The Labute approximate surface area is 205 Å². The van der Waals surface area contributed by atoms with E-state index >= 15 is 0 Å². The monoisotopic (exact) mass is 496 g/mol. The first kappa shape index (κ1) is 27.8. The summed E-state index contributed by atoms with van der Waals surface area (Å²) in [6, 6.07) is 0. The number of phosphoric ester groups is 1. The minimum Gasteiger partial charge on any atom is -0.390 e. The van der Waals surface area contributed by atoms with Gasteiger partial charge in [-0.05, 0) is 93.1 Å². The van der Waals surface area contributed by atoms with Crippen molar-refractivity contribution >= 4 is 7.82 Å². The molecule has 194 valence electrons. The van der Waals surface area contributed by atoms with Crippen molar-refractivity contribution in [2.24, 2.45) is 23.2 Å². The molecule has 7 heteroatoms. The Hall–Kier alpha value is -0.750. The van der Waals surface area contributed by atoms with Crippen LogP contribution in [0.2, 0.25) is 0 Å². The van der Waals surface area contributed by atoms with Crippen molar-refractivity contribution in [2.45, 2.75) is 110 Å². The van der Waals surface area contributed by atoms with Crippen LogP contribution >= 0.6 is 7.82 Å². The molecular weight excluding hydrogens is 451 g/mol. The summed E-state index contributed by atoms with van der Waals surface area (Å²) in [6.45, 7) is 12.6. The summed E-state index contributed by atoms with van der Waals surface area (Å²) in [7, 11) is -4.61. The molecule has 0 saturated heterocycles. The number of aliphatic hydroxyl groups is 2. The number of fused-ring (bicyclic) bond motifs is 1. The normalized spacial score (nSPS) is 36.2. The molecule has 0 aromatic heterocycles. The van der Waals surface area contributed by atoms with Crippen LogP contribution in [-0.2, 0) is 9.09 Å². The fourth-order valence-corrected chi connectivity index (χ4v) is 7.54. The predicted molar refractivity (Wildman–Crippen MR) is 135 cm³/mol. The van der Waals surface area contributed by atoms with Crippen molar-refractivity contribution in [3.63, 3.8) is 0 Å². The van der Waals surface area contributed by atoms with Gasteiger partial charge >= 0.3 is 7.82 Å². The molecule has 0 bridgehead atoms. The van der Waals surface area contributed by atoms with Crippen molar-refractivity contribution in [3.8, 4) is 0 Å². The quantitative estimate of drug-likeness (QED) is 0.315. The molecule has 0 aliphatic heterocycles. The van der Waals surface area contributed by atoms with E-state index in [9.17, 15) is 24.6 Å². The van der Waals surface area contributed by atoms with Crippen LogP contribution in [0.4, 0.5) is 0 Å². The summed E-state index contributed by atoms with van der Waals surface area (Å²) in [6.07, 6.45) is 12.1. The number of allylic oxidation sites excluding steroid dienone is 3. The van der Waals surface area contributed by atoms with Crippen LogP contribution in [-0.4, -0.2) is 37.8 Å². The minimum atomic E-state index is -4.61. The fraction of sp³-hybridized carbons (Fsp3) is 0.778. The zero-order valence-corrected chi connectivity index (χ0v) is 22.3. The SMILES string of the molecule is C=C1C(=CC=C2CCC[C@@]3(C)C2CC[C@@H]3[C@H](C)CCCC(C)(C)O)C[C@@H](OP(=O)(O)O)CC1O. The van der Waals surface area contributed by atoms with Crippen molar-refractivity contribution < 1.29 is 29.1 Å². The van der Waals surface area contributed by atoms with Crippen LogP contribution < -0.4 is 0 Å². The van der Waals surface area contributed by atoms with E-state index in [2.05, 4.69) is 26.5 Å². The second-order valence-electron chi connectivity index (χ2n) is 11.9. The molecule has 3 saturated carbocycles. The number of hydrogen-bond acceptors (Lipinski definition) is 4. The molecule has 0 aromatic rings. The molecule has 3 aliphatic rings. The van der Waals surface area contributed by atoms with E-state index in [1.54, 1.807) is 0 Å². The molecule has 34 heavy (non-hydrogen) atoms. The highest BCUT2D eigenvalue weighted by atomic mass is 31.2. The first-order valence-electron chi connectivity index (χ1n) is 12.9. The Kier molecular flexibility index (Phi) is 8.76. The number of rotatable bonds is 8. The maximum atomic E-state index is 11.3. The maximum absolute atomic E-state index is 11.3. The van der Waals surface area contributed by atoms with Crippen molar-refractivity contribution in [1.82, 2.24) is 0 Å². The molecule has 0 amide bonds. The summed E-state index contributed by atoms with van der Waals surface area (Å²) >= 11 is 0. The number of hydrogen-bond donors (Lipinski definition) is 4. The van der Waals surface area contributed by atoms with Gasteiger partial charge in [0.15, 0.2) is 0 Å². The molecule has 3 aliphatic carbocycles. The highest BCUT2D eigenvalue weighted by molar-refractivity contribution is 7.46. The predicted octanol–water partition coefficient (Wildman–Crippen LogP) is 5.82. The summed E-state index contributed by atoms with van der Waals surface area (Å²) in [5, 5.41) is 20.4. The lowest BCUT2D eigenvalue weighted by molar-refractivity contribution is 0.0596. The molecule has 3 fully saturated rings. The second kappa shape index (κ2) is 10.7. The van der Waals surface area contributed by atoms with Gasteiger partial charge in [0.05, 0.1) is 17.8 Å². The molecule has 3 rings (SSSR count). The van der Waals surface area contributed by atoms with Crippen molar-refractivity contribution in [1.29, 1.82) is 0 Å². The van der Waals surface area contributed by atoms with Gasteiger partial charge in [-0.1, -0.05) is 51.0 Å². The van der Waals surface area contributed by atoms with Gasteiger partial charge in [0, 0.05) is 6.42 Å². The Morgan fingerprint density at radius 2 is 2.00 bits per heavy atom. The number of aliphatic hydroxyl groups excluding tert-OH is 1. The summed E-state index contributed by atoms with van der Waals surface area (Å²) in [5.41, 5.74) is 2.57. The minimum absolute atomic E-state index is 0.144. The smallest absolute Gasteiger partial charge is 0.390 e.